The molecule has 1 N–H and O–H groups in total. The average Bonchev–Trinajstić information content (AvgIpc) is 2.88. The van der Waals surface area contributed by atoms with Crippen LogP contribution >= 0.6 is 11.6 Å². The second-order valence-corrected chi connectivity index (χ2v) is 11.7. The third kappa shape index (κ3) is 8.10. The Balaban J connectivity index is 1.90. The van der Waals surface area contributed by atoms with Gasteiger partial charge in [0, 0.05) is 17.6 Å². The van der Waals surface area contributed by atoms with E-state index in [9.17, 15) is 18.0 Å². The molecule has 0 radical (unpaired) electrons. The predicted molar refractivity (Wildman–Crippen MR) is 146 cm³/mol. The van der Waals surface area contributed by atoms with Crippen molar-refractivity contribution in [1.82, 2.24) is 10.2 Å². The van der Waals surface area contributed by atoms with E-state index in [-0.39, 0.29) is 18.5 Å². The molecule has 2 aromatic rings. The van der Waals surface area contributed by atoms with Crippen LogP contribution in [0.1, 0.15) is 51.0 Å². The lowest BCUT2D eigenvalue weighted by molar-refractivity contribution is -0.140. The zero-order valence-electron chi connectivity index (χ0n) is 21.7. The third-order valence-corrected chi connectivity index (χ3v) is 8.04. The van der Waals surface area contributed by atoms with Crippen LogP contribution in [0.15, 0.2) is 48.5 Å². The third-order valence-electron chi connectivity index (χ3n) is 6.64. The number of carbonyl (C=O) groups excluding carboxylic acids is 2. The number of benzene rings is 2. The average molecular weight is 550 g/mol. The van der Waals surface area contributed by atoms with Gasteiger partial charge in [-0.15, -0.1) is 0 Å². The molecule has 0 aliphatic heterocycles. The highest BCUT2D eigenvalue weighted by Crippen LogP contribution is 2.23. The van der Waals surface area contributed by atoms with E-state index in [0.29, 0.717) is 22.9 Å². The van der Waals surface area contributed by atoms with Gasteiger partial charge in [0.1, 0.15) is 18.3 Å². The smallest absolute Gasteiger partial charge is 0.244 e. The van der Waals surface area contributed by atoms with Gasteiger partial charge in [0.25, 0.3) is 0 Å². The number of rotatable bonds is 11. The molecule has 2 amide bonds. The summed E-state index contributed by atoms with van der Waals surface area (Å²) in [6.45, 7) is 1.56. The molecule has 1 aliphatic rings. The largest absolute Gasteiger partial charge is 0.497 e. The van der Waals surface area contributed by atoms with Crippen molar-refractivity contribution in [2.45, 2.75) is 64.1 Å². The van der Waals surface area contributed by atoms with E-state index in [4.69, 9.17) is 16.3 Å². The van der Waals surface area contributed by atoms with Crippen molar-refractivity contribution < 1.29 is 22.7 Å². The Kier molecular flexibility index (Phi) is 10.2. The van der Waals surface area contributed by atoms with Crippen LogP contribution in [-0.4, -0.2) is 57.1 Å². The van der Waals surface area contributed by atoms with E-state index in [1.165, 1.54) is 4.90 Å². The maximum atomic E-state index is 13.8. The first-order valence-corrected chi connectivity index (χ1v) is 14.8. The molecule has 202 valence electrons. The van der Waals surface area contributed by atoms with Crippen LogP contribution in [0.4, 0.5) is 5.69 Å². The lowest BCUT2D eigenvalue weighted by atomic mass is 9.95. The lowest BCUT2D eigenvalue weighted by Gasteiger charge is -2.34. The van der Waals surface area contributed by atoms with Crippen molar-refractivity contribution in [2.75, 3.05) is 24.2 Å². The van der Waals surface area contributed by atoms with Crippen molar-refractivity contribution in [3.63, 3.8) is 0 Å². The molecule has 1 saturated carbocycles. The van der Waals surface area contributed by atoms with Gasteiger partial charge in [-0.1, -0.05) is 49.9 Å². The summed E-state index contributed by atoms with van der Waals surface area (Å²) < 4.78 is 31.6. The maximum Gasteiger partial charge on any atom is 0.244 e. The number of ether oxygens (including phenoxy) is 1. The van der Waals surface area contributed by atoms with E-state index >= 15 is 0 Å². The summed E-state index contributed by atoms with van der Waals surface area (Å²) in [4.78, 5) is 28.6. The van der Waals surface area contributed by atoms with E-state index in [1.54, 1.807) is 43.5 Å². The van der Waals surface area contributed by atoms with Crippen molar-refractivity contribution in [1.29, 1.82) is 0 Å². The number of anilines is 1. The highest BCUT2D eigenvalue weighted by atomic mass is 35.5. The highest BCUT2D eigenvalue weighted by molar-refractivity contribution is 7.92. The summed E-state index contributed by atoms with van der Waals surface area (Å²) in [6.07, 6.45) is 6.59. The SMILES string of the molecule is CC[C@@H](C(=O)NC1CCCCC1)N(Cc1ccc(OC)cc1)C(=O)CN(c1ccc(Cl)cc1)S(C)(=O)=O. The van der Waals surface area contributed by atoms with Crippen LogP contribution in [0, 0.1) is 0 Å². The fraction of sp³-hybridized carbons (Fsp3) is 0.481. The summed E-state index contributed by atoms with van der Waals surface area (Å²) in [5, 5.41) is 3.59. The molecule has 10 heteroatoms. The van der Waals surface area contributed by atoms with Crippen LogP contribution in [0.2, 0.25) is 5.02 Å². The molecule has 8 nitrogen and oxygen atoms in total. The Morgan fingerprint density at radius 3 is 2.22 bits per heavy atom. The number of halogens is 1. The van der Waals surface area contributed by atoms with Crippen molar-refractivity contribution in [3.8, 4) is 5.75 Å². The topological polar surface area (TPSA) is 96.0 Å². The summed E-state index contributed by atoms with van der Waals surface area (Å²) in [5.74, 6) is -0.00908. The summed E-state index contributed by atoms with van der Waals surface area (Å²) >= 11 is 5.98. The number of sulfonamides is 1. The normalized spacial score (nSPS) is 15.0. The first-order chi connectivity index (χ1) is 17.6. The van der Waals surface area contributed by atoms with Crippen LogP contribution in [-0.2, 0) is 26.2 Å². The van der Waals surface area contributed by atoms with Crippen LogP contribution in [0.3, 0.4) is 0 Å². The lowest BCUT2D eigenvalue weighted by Crippen LogP contribution is -2.53. The Hall–Kier alpha value is -2.78. The molecule has 1 aliphatic carbocycles. The maximum absolute atomic E-state index is 13.8. The molecule has 0 spiro atoms. The second-order valence-electron chi connectivity index (χ2n) is 9.38. The second kappa shape index (κ2) is 13.1. The minimum absolute atomic E-state index is 0.0924. The fourth-order valence-corrected chi connectivity index (χ4v) is 5.59. The molecule has 0 heterocycles. The number of nitrogens with zero attached hydrogens (tertiary/aromatic N) is 2. The Labute approximate surface area is 225 Å². The van der Waals surface area contributed by atoms with Crippen molar-refractivity contribution >= 4 is 39.1 Å². The molecular weight excluding hydrogens is 514 g/mol. The van der Waals surface area contributed by atoms with Gasteiger partial charge in [-0.25, -0.2) is 8.42 Å². The van der Waals surface area contributed by atoms with E-state index < -0.39 is 28.5 Å². The number of hydrogen-bond donors (Lipinski definition) is 1. The van der Waals surface area contributed by atoms with Crippen molar-refractivity contribution in [3.05, 3.63) is 59.1 Å². The predicted octanol–water partition coefficient (Wildman–Crippen LogP) is 4.37. The van der Waals surface area contributed by atoms with Crippen molar-refractivity contribution in [2.24, 2.45) is 0 Å². The van der Waals surface area contributed by atoms with Crippen LogP contribution in [0.25, 0.3) is 0 Å². The van der Waals surface area contributed by atoms with Gasteiger partial charge in [-0.05, 0) is 61.2 Å². The molecule has 0 saturated heterocycles. The van der Waals surface area contributed by atoms with Gasteiger partial charge in [-0.3, -0.25) is 13.9 Å². The van der Waals surface area contributed by atoms with Crippen LogP contribution < -0.4 is 14.4 Å². The van der Waals surface area contributed by atoms with Gasteiger partial charge in [0.2, 0.25) is 21.8 Å². The highest BCUT2D eigenvalue weighted by Gasteiger charge is 2.32. The zero-order chi connectivity index (χ0) is 27.0. The summed E-state index contributed by atoms with van der Waals surface area (Å²) in [6, 6.07) is 12.8. The van der Waals surface area contributed by atoms with Gasteiger partial charge >= 0.3 is 0 Å². The molecule has 37 heavy (non-hydrogen) atoms. The zero-order valence-corrected chi connectivity index (χ0v) is 23.2. The Morgan fingerprint density at radius 1 is 1.05 bits per heavy atom. The van der Waals surface area contributed by atoms with E-state index in [1.807, 2.05) is 19.1 Å². The summed E-state index contributed by atoms with van der Waals surface area (Å²) in [5.41, 5.74) is 1.12. The number of methoxy groups -OCH3 is 1. The first-order valence-electron chi connectivity index (χ1n) is 12.6. The molecule has 3 rings (SSSR count). The van der Waals surface area contributed by atoms with Crippen LogP contribution in [0.5, 0.6) is 5.75 Å². The summed E-state index contributed by atoms with van der Waals surface area (Å²) in [7, 11) is -2.22. The molecule has 0 bridgehead atoms. The number of amides is 2. The van der Waals surface area contributed by atoms with Gasteiger partial charge in [-0.2, -0.15) is 0 Å². The van der Waals surface area contributed by atoms with E-state index in [2.05, 4.69) is 5.32 Å². The number of nitrogens with one attached hydrogen (secondary N) is 1. The Morgan fingerprint density at radius 2 is 1.68 bits per heavy atom. The fourth-order valence-electron chi connectivity index (χ4n) is 4.61. The molecule has 1 atom stereocenters. The molecule has 0 aromatic heterocycles. The van der Waals surface area contributed by atoms with Gasteiger partial charge in [0.05, 0.1) is 19.1 Å². The minimum atomic E-state index is -3.79. The minimum Gasteiger partial charge on any atom is -0.497 e. The Bertz CT molecular complexity index is 1150. The quantitative estimate of drug-likeness (QED) is 0.449. The number of carbonyl (C=O) groups is 2. The standard InChI is InChI=1S/C27H36ClN3O5S/c1-4-25(27(33)29-22-8-6-5-7-9-22)30(18-20-10-16-24(36-2)17-11-20)26(32)19-31(37(3,34)35)23-14-12-21(28)13-15-23/h10-17,22,25H,4-9,18-19H2,1-3H3,(H,29,33)/t25-/m0/s1. The molecule has 1 fully saturated rings. The molecule has 2 aromatic carbocycles. The van der Waals surface area contributed by atoms with Gasteiger partial charge in [0.15, 0.2) is 0 Å². The first kappa shape index (κ1) is 28.8. The monoisotopic (exact) mass is 549 g/mol. The van der Waals surface area contributed by atoms with Gasteiger partial charge < -0.3 is 15.0 Å². The molecular formula is C27H36ClN3O5S. The molecule has 0 unspecified atom stereocenters. The number of hydrogen-bond acceptors (Lipinski definition) is 5. The van der Waals surface area contributed by atoms with E-state index in [0.717, 1.165) is 48.2 Å².